The highest BCUT2D eigenvalue weighted by atomic mass is 32.2. The predicted molar refractivity (Wildman–Crippen MR) is 92.4 cm³/mol. The number of benzene rings is 1. The second-order valence-electron chi connectivity index (χ2n) is 5.94. The van der Waals surface area contributed by atoms with Crippen LogP contribution in [0.5, 0.6) is 0 Å². The molecule has 1 amide bonds. The van der Waals surface area contributed by atoms with Gasteiger partial charge >= 0.3 is 0 Å². The summed E-state index contributed by atoms with van der Waals surface area (Å²) in [6.07, 6.45) is 2.00. The van der Waals surface area contributed by atoms with E-state index in [9.17, 15) is 13.2 Å². The fraction of sp³-hybridized carbons (Fsp3) is 0.588. The maximum Gasteiger partial charge on any atom is 0.251 e. The molecule has 7 heteroatoms. The van der Waals surface area contributed by atoms with Gasteiger partial charge in [0.1, 0.15) is 0 Å². The zero-order chi connectivity index (χ0) is 17.6. The molecule has 0 aliphatic carbocycles. The molecular formula is C17H26N2O4S. The SMILES string of the molecule is CCC(CC)CNC(=O)c1cccc(S(=O)(=O)N2CCOCC2)c1. The average Bonchev–Trinajstić information content (AvgIpc) is 2.63. The Kier molecular flexibility index (Phi) is 6.77. The lowest BCUT2D eigenvalue weighted by Crippen LogP contribution is -2.40. The van der Waals surface area contributed by atoms with Crippen LogP contribution in [0.3, 0.4) is 0 Å². The fourth-order valence-corrected chi connectivity index (χ4v) is 4.10. The van der Waals surface area contributed by atoms with Crippen molar-refractivity contribution in [2.75, 3.05) is 32.8 Å². The van der Waals surface area contributed by atoms with Crippen LogP contribution in [0.4, 0.5) is 0 Å². The van der Waals surface area contributed by atoms with Gasteiger partial charge in [0.2, 0.25) is 10.0 Å². The van der Waals surface area contributed by atoms with Crippen LogP contribution in [0.1, 0.15) is 37.0 Å². The highest BCUT2D eigenvalue weighted by molar-refractivity contribution is 7.89. The van der Waals surface area contributed by atoms with E-state index in [0.717, 1.165) is 12.8 Å². The number of ether oxygens (including phenoxy) is 1. The minimum atomic E-state index is -3.59. The summed E-state index contributed by atoms with van der Waals surface area (Å²) in [5.41, 5.74) is 0.371. The van der Waals surface area contributed by atoms with Gasteiger partial charge in [0.05, 0.1) is 18.1 Å². The summed E-state index contributed by atoms with van der Waals surface area (Å²) >= 11 is 0. The third kappa shape index (κ3) is 4.55. The molecule has 1 N–H and O–H groups in total. The molecule has 1 aliphatic rings. The van der Waals surface area contributed by atoms with Crippen LogP contribution in [0, 0.1) is 5.92 Å². The van der Waals surface area contributed by atoms with Gasteiger partial charge in [-0.25, -0.2) is 8.42 Å². The number of hydrogen-bond donors (Lipinski definition) is 1. The third-order valence-corrected chi connectivity index (χ3v) is 6.30. The van der Waals surface area contributed by atoms with Gasteiger partial charge in [0.25, 0.3) is 5.91 Å². The maximum atomic E-state index is 12.7. The number of morpholine rings is 1. The molecule has 24 heavy (non-hydrogen) atoms. The van der Waals surface area contributed by atoms with Crippen molar-refractivity contribution in [2.45, 2.75) is 31.6 Å². The number of rotatable bonds is 7. The first kappa shape index (κ1) is 18.9. The van der Waals surface area contributed by atoms with Gasteiger partial charge in [-0.05, 0) is 24.1 Å². The first-order valence-corrected chi connectivity index (χ1v) is 9.89. The van der Waals surface area contributed by atoms with Crippen LogP contribution >= 0.6 is 0 Å². The standard InChI is InChI=1S/C17H26N2O4S/c1-3-14(4-2)13-18-17(20)15-6-5-7-16(12-15)24(21,22)19-8-10-23-11-9-19/h5-7,12,14H,3-4,8-11,13H2,1-2H3,(H,18,20). The summed E-state index contributed by atoms with van der Waals surface area (Å²) < 4.78 is 31.9. The molecule has 1 aromatic carbocycles. The third-order valence-electron chi connectivity index (χ3n) is 4.41. The van der Waals surface area contributed by atoms with Gasteiger partial charge < -0.3 is 10.1 Å². The van der Waals surface area contributed by atoms with E-state index >= 15 is 0 Å². The zero-order valence-corrected chi connectivity index (χ0v) is 15.1. The summed E-state index contributed by atoms with van der Waals surface area (Å²) in [6, 6.07) is 6.23. The van der Waals surface area contributed by atoms with Crippen molar-refractivity contribution in [2.24, 2.45) is 5.92 Å². The van der Waals surface area contributed by atoms with Crippen molar-refractivity contribution in [3.05, 3.63) is 29.8 Å². The molecular weight excluding hydrogens is 328 g/mol. The van der Waals surface area contributed by atoms with E-state index in [4.69, 9.17) is 4.74 Å². The Morgan fingerprint density at radius 3 is 2.54 bits per heavy atom. The van der Waals surface area contributed by atoms with Crippen LogP contribution in [0.25, 0.3) is 0 Å². The minimum absolute atomic E-state index is 0.152. The van der Waals surface area contributed by atoms with Crippen LogP contribution in [-0.2, 0) is 14.8 Å². The molecule has 134 valence electrons. The van der Waals surface area contributed by atoms with E-state index in [-0.39, 0.29) is 10.8 Å². The molecule has 0 saturated carbocycles. The largest absolute Gasteiger partial charge is 0.379 e. The van der Waals surface area contributed by atoms with Gasteiger partial charge in [-0.3, -0.25) is 4.79 Å². The molecule has 0 atom stereocenters. The van der Waals surface area contributed by atoms with Crippen molar-refractivity contribution in [3.63, 3.8) is 0 Å². The predicted octanol–water partition coefficient (Wildman–Crippen LogP) is 1.87. The van der Waals surface area contributed by atoms with Crippen molar-refractivity contribution < 1.29 is 17.9 Å². The van der Waals surface area contributed by atoms with Gasteiger partial charge in [-0.2, -0.15) is 4.31 Å². The second kappa shape index (κ2) is 8.60. The Balaban J connectivity index is 2.11. The Morgan fingerprint density at radius 2 is 1.92 bits per heavy atom. The van der Waals surface area contributed by atoms with Gasteiger partial charge in [-0.1, -0.05) is 32.8 Å². The minimum Gasteiger partial charge on any atom is -0.379 e. The first-order valence-electron chi connectivity index (χ1n) is 8.45. The normalized spacial score (nSPS) is 16.3. The molecule has 0 spiro atoms. The van der Waals surface area contributed by atoms with E-state index in [1.807, 2.05) is 0 Å². The van der Waals surface area contributed by atoms with Gasteiger partial charge in [0, 0.05) is 25.2 Å². The first-order chi connectivity index (χ1) is 11.5. The van der Waals surface area contributed by atoms with E-state index in [1.165, 1.54) is 16.4 Å². The van der Waals surface area contributed by atoms with Gasteiger partial charge in [0.15, 0.2) is 0 Å². The summed E-state index contributed by atoms with van der Waals surface area (Å²) in [5.74, 6) is 0.204. The number of amides is 1. The highest BCUT2D eigenvalue weighted by Crippen LogP contribution is 2.18. The van der Waals surface area contributed by atoms with Crippen molar-refractivity contribution in [3.8, 4) is 0 Å². The van der Waals surface area contributed by atoms with Crippen LogP contribution in [0.15, 0.2) is 29.2 Å². The molecule has 1 fully saturated rings. The Labute approximate surface area is 144 Å². The molecule has 0 aromatic heterocycles. The smallest absolute Gasteiger partial charge is 0.251 e. The van der Waals surface area contributed by atoms with Crippen LogP contribution in [0.2, 0.25) is 0 Å². The summed E-state index contributed by atoms with van der Waals surface area (Å²) in [5, 5.41) is 2.89. The topological polar surface area (TPSA) is 75.7 Å². The number of sulfonamides is 1. The number of carbonyl (C=O) groups excluding carboxylic acids is 1. The molecule has 0 bridgehead atoms. The number of nitrogens with one attached hydrogen (secondary N) is 1. The molecule has 2 rings (SSSR count). The molecule has 1 heterocycles. The Hall–Kier alpha value is -1.44. The zero-order valence-electron chi connectivity index (χ0n) is 14.3. The lowest BCUT2D eigenvalue weighted by atomic mass is 10.0. The lowest BCUT2D eigenvalue weighted by Gasteiger charge is -2.26. The molecule has 1 aromatic rings. The molecule has 6 nitrogen and oxygen atoms in total. The van der Waals surface area contributed by atoms with Crippen molar-refractivity contribution in [1.82, 2.24) is 9.62 Å². The average molecular weight is 354 g/mol. The quantitative estimate of drug-likeness (QED) is 0.811. The highest BCUT2D eigenvalue weighted by Gasteiger charge is 2.26. The monoisotopic (exact) mass is 354 g/mol. The Bertz CT molecular complexity index is 650. The second-order valence-corrected chi connectivity index (χ2v) is 7.87. The molecule has 1 saturated heterocycles. The van der Waals surface area contributed by atoms with Crippen LogP contribution in [-0.4, -0.2) is 51.5 Å². The molecule has 0 radical (unpaired) electrons. The van der Waals surface area contributed by atoms with E-state index < -0.39 is 10.0 Å². The van der Waals surface area contributed by atoms with Crippen LogP contribution < -0.4 is 5.32 Å². The lowest BCUT2D eigenvalue weighted by molar-refractivity contribution is 0.0730. The number of hydrogen-bond acceptors (Lipinski definition) is 4. The summed E-state index contributed by atoms with van der Waals surface area (Å²) in [4.78, 5) is 12.4. The molecule has 0 unspecified atom stereocenters. The van der Waals surface area contributed by atoms with Gasteiger partial charge in [-0.15, -0.1) is 0 Å². The van der Waals surface area contributed by atoms with Crippen molar-refractivity contribution in [1.29, 1.82) is 0 Å². The Morgan fingerprint density at radius 1 is 1.25 bits per heavy atom. The fourth-order valence-electron chi connectivity index (χ4n) is 2.65. The summed E-state index contributed by atoms with van der Waals surface area (Å²) in [7, 11) is -3.59. The number of carbonyl (C=O) groups is 1. The molecule has 1 aliphatic heterocycles. The summed E-state index contributed by atoms with van der Waals surface area (Å²) in [6.45, 7) is 6.27. The van der Waals surface area contributed by atoms with E-state index in [2.05, 4.69) is 19.2 Å². The van der Waals surface area contributed by atoms with Crippen molar-refractivity contribution >= 4 is 15.9 Å². The maximum absolute atomic E-state index is 12.7. The van der Waals surface area contributed by atoms with E-state index in [1.54, 1.807) is 12.1 Å². The van der Waals surface area contributed by atoms with E-state index in [0.29, 0.717) is 44.3 Å². The number of nitrogens with zero attached hydrogens (tertiary/aromatic N) is 1.